The number of hydrogen-bond acceptors (Lipinski definition) is 9. The highest BCUT2D eigenvalue weighted by Gasteiger charge is 2.30. The van der Waals surface area contributed by atoms with Gasteiger partial charge in [-0.2, -0.15) is 0 Å². The Morgan fingerprint density at radius 2 is 0.490 bits per heavy atom. The molecular formula is C40H54O9Si2. The lowest BCUT2D eigenvalue weighted by Crippen LogP contribution is -2.56. The molecule has 0 unspecified atom stereocenters. The van der Waals surface area contributed by atoms with Crippen LogP contribution in [0.4, 0.5) is 0 Å². The molecule has 0 amide bonds. The zero-order valence-electron chi connectivity index (χ0n) is 31.4. The van der Waals surface area contributed by atoms with Crippen LogP contribution in [0.2, 0.25) is 0 Å². The minimum absolute atomic E-state index is 0.504. The molecule has 4 rings (SSSR count). The van der Waals surface area contributed by atoms with Gasteiger partial charge >= 0.3 is 0 Å². The van der Waals surface area contributed by atoms with Crippen molar-refractivity contribution in [3.63, 3.8) is 0 Å². The van der Waals surface area contributed by atoms with Crippen molar-refractivity contribution in [2.24, 2.45) is 0 Å². The Bertz CT molecular complexity index is 1430. The lowest BCUT2D eigenvalue weighted by atomic mass is 10.3. The largest absolute Gasteiger partial charge is 0.490 e. The van der Waals surface area contributed by atoms with E-state index in [4.69, 9.17) is 42.0 Å². The lowest BCUT2D eigenvalue weighted by Gasteiger charge is -2.27. The summed E-state index contributed by atoms with van der Waals surface area (Å²) in [6.07, 6.45) is 0. The van der Waals surface area contributed by atoms with Crippen LogP contribution in [0, 0.1) is 0 Å². The molecule has 0 N–H and O–H groups in total. The zero-order valence-corrected chi connectivity index (χ0v) is 33.7. The van der Waals surface area contributed by atoms with Crippen molar-refractivity contribution < 1.29 is 42.0 Å². The summed E-state index contributed by atoms with van der Waals surface area (Å²) in [5.41, 5.74) is 0. The predicted molar refractivity (Wildman–Crippen MR) is 209 cm³/mol. The molecule has 0 aliphatic heterocycles. The maximum absolute atomic E-state index is 7.62. The van der Waals surface area contributed by atoms with Gasteiger partial charge in [0.05, 0.1) is 52.9 Å². The summed E-state index contributed by atoms with van der Waals surface area (Å²) in [6, 6.07) is 24.6. The van der Waals surface area contributed by atoms with Crippen molar-refractivity contribution in [2.45, 2.75) is 55.4 Å². The van der Waals surface area contributed by atoms with Crippen LogP contribution in [0.15, 0.2) is 72.8 Å². The normalized spacial score (nSPS) is 11.0. The molecule has 0 aromatic heterocycles. The van der Waals surface area contributed by atoms with Crippen LogP contribution in [0.5, 0.6) is 46.0 Å². The standard InChI is InChI=1S/C40H54O9Si2/c1-9-41-33-21-17-29(25-37(33)45-13-5)50(30-18-22-34(42-10-2)38(26-30)46-14-6)49-51(31-19-23-35(43-11-3)39(27-31)47-15-7)32-20-24-36(44-12-4)40(28-32)48-16-8/h17-28,50-51H,9-16H2,1-8H3. The second kappa shape index (κ2) is 20.5. The summed E-state index contributed by atoms with van der Waals surface area (Å²) in [7, 11) is -5.01. The summed E-state index contributed by atoms with van der Waals surface area (Å²) in [5, 5.41) is 4.16. The summed E-state index contributed by atoms with van der Waals surface area (Å²) < 4.78 is 55.8. The van der Waals surface area contributed by atoms with E-state index in [1.165, 1.54) is 0 Å². The van der Waals surface area contributed by atoms with E-state index in [1.54, 1.807) is 0 Å². The fraction of sp³-hybridized carbons (Fsp3) is 0.400. The second-order valence-electron chi connectivity index (χ2n) is 11.2. The minimum atomic E-state index is -2.50. The highest BCUT2D eigenvalue weighted by molar-refractivity contribution is 6.92. The van der Waals surface area contributed by atoms with Gasteiger partial charge in [0, 0.05) is 0 Å². The first-order valence-corrected chi connectivity index (χ1v) is 21.4. The predicted octanol–water partition coefficient (Wildman–Crippen LogP) is 5.27. The van der Waals surface area contributed by atoms with E-state index in [0.29, 0.717) is 98.9 Å². The molecule has 0 aliphatic rings. The highest BCUT2D eigenvalue weighted by atomic mass is 28.4. The molecule has 276 valence electrons. The number of hydrogen-bond donors (Lipinski definition) is 0. The topological polar surface area (TPSA) is 83.1 Å². The molecule has 0 atom stereocenters. The van der Waals surface area contributed by atoms with E-state index in [1.807, 2.05) is 79.7 Å². The maximum Gasteiger partial charge on any atom is 0.229 e. The van der Waals surface area contributed by atoms with Gasteiger partial charge in [0.15, 0.2) is 46.0 Å². The third-order valence-electron chi connectivity index (χ3n) is 7.75. The van der Waals surface area contributed by atoms with E-state index in [0.717, 1.165) is 20.7 Å². The number of rotatable bonds is 22. The van der Waals surface area contributed by atoms with Crippen molar-refractivity contribution >= 4 is 38.8 Å². The SMILES string of the molecule is CCOc1ccc([SiH](O[SiH](c2ccc(OCC)c(OCC)c2)c2ccc(OCC)c(OCC)c2)c2ccc(OCC)c(OCC)c2)cc1OCC. The van der Waals surface area contributed by atoms with E-state index >= 15 is 0 Å². The molecule has 0 saturated carbocycles. The van der Waals surface area contributed by atoms with Gasteiger partial charge in [-0.25, -0.2) is 0 Å². The summed E-state index contributed by atoms with van der Waals surface area (Å²) >= 11 is 0. The van der Waals surface area contributed by atoms with Crippen LogP contribution in [0.3, 0.4) is 0 Å². The van der Waals surface area contributed by atoms with Gasteiger partial charge in [0.1, 0.15) is 0 Å². The van der Waals surface area contributed by atoms with Crippen molar-refractivity contribution in [1.29, 1.82) is 0 Å². The highest BCUT2D eigenvalue weighted by Crippen LogP contribution is 2.30. The fourth-order valence-electron chi connectivity index (χ4n) is 5.76. The molecule has 11 heteroatoms. The summed E-state index contributed by atoms with van der Waals surface area (Å²) in [4.78, 5) is 0. The van der Waals surface area contributed by atoms with E-state index < -0.39 is 18.1 Å². The first kappa shape index (κ1) is 39.5. The van der Waals surface area contributed by atoms with Gasteiger partial charge in [-0.15, -0.1) is 0 Å². The Labute approximate surface area is 307 Å². The Hall–Kier alpha value is -4.33. The average Bonchev–Trinajstić information content (AvgIpc) is 3.13. The second-order valence-corrected chi connectivity index (χ2v) is 16.5. The van der Waals surface area contributed by atoms with Crippen LogP contribution in [-0.2, 0) is 4.12 Å². The van der Waals surface area contributed by atoms with Crippen molar-refractivity contribution in [1.82, 2.24) is 0 Å². The van der Waals surface area contributed by atoms with Crippen molar-refractivity contribution in [2.75, 3.05) is 52.9 Å². The molecular weight excluding hydrogens is 681 g/mol. The van der Waals surface area contributed by atoms with Crippen LogP contribution < -0.4 is 58.6 Å². The molecule has 0 spiro atoms. The van der Waals surface area contributed by atoms with Gasteiger partial charge in [0.25, 0.3) is 0 Å². The molecule has 0 heterocycles. The Morgan fingerprint density at radius 1 is 0.294 bits per heavy atom. The molecule has 0 bridgehead atoms. The van der Waals surface area contributed by atoms with Gasteiger partial charge in [-0.1, -0.05) is 24.3 Å². The number of ether oxygens (including phenoxy) is 8. The Morgan fingerprint density at radius 3 is 0.686 bits per heavy atom. The van der Waals surface area contributed by atoms with E-state index in [-0.39, 0.29) is 0 Å². The van der Waals surface area contributed by atoms with Crippen molar-refractivity contribution in [3.8, 4) is 46.0 Å². The summed E-state index contributed by atoms with van der Waals surface area (Å²) in [5.74, 6) is 5.55. The molecule has 9 nitrogen and oxygen atoms in total. The smallest absolute Gasteiger partial charge is 0.229 e. The molecule has 4 aromatic rings. The monoisotopic (exact) mass is 734 g/mol. The van der Waals surface area contributed by atoms with Crippen LogP contribution in [0.1, 0.15) is 55.4 Å². The molecule has 0 fully saturated rings. The quantitative estimate of drug-likeness (QED) is 0.100. The molecule has 0 aliphatic carbocycles. The van der Waals surface area contributed by atoms with Crippen molar-refractivity contribution in [3.05, 3.63) is 72.8 Å². The third-order valence-corrected chi connectivity index (χ3v) is 13.8. The van der Waals surface area contributed by atoms with Gasteiger partial charge in [-0.05, 0) is 125 Å². The van der Waals surface area contributed by atoms with E-state index in [2.05, 4.69) is 48.5 Å². The molecule has 4 aromatic carbocycles. The fourth-order valence-corrected chi connectivity index (χ4v) is 12.4. The maximum atomic E-state index is 7.62. The van der Waals surface area contributed by atoms with E-state index in [9.17, 15) is 0 Å². The van der Waals surface area contributed by atoms with Crippen LogP contribution in [0.25, 0.3) is 0 Å². The van der Waals surface area contributed by atoms with Gasteiger partial charge < -0.3 is 42.0 Å². The average molecular weight is 735 g/mol. The van der Waals surface area contributed by atoms with Crippen LogP contribution in [-0.4, -0.2) is 70.9 Å². The lowest BCUT2D eigenvalue weighted by molar-refractivity contribution is 0.288. The first-order valence-electron chi connectivity index (χ1n) is 18.2. The molecule has 0 saturated heterocycles. The number of benzene rings is 4. The van der Waals surface area contributed by atoms with Crippen LogP contribution >= 0.6 is 0 Å². The third kappa shape index (κ3) is 10.4. The van der Waals surface area contributed by atoms with Gasteiger partial charge in [-0.3, -0.25) is 0 Å². The Kier molecular flexibility index (Phi) is 15.9. The first-order chi connectivity index (χ1) is 24.9. The van der Waals surface area contributed by atoms with Gasteiger partial charge in [0.2, 0.25) is 18.1 Å². The molecule has 0 radical (unpaired) electrons. The zero-order chi connectivity index (χ0) is 36.6. The summed E-state index contributed by atoms with van der Waals surface area (Å²) in [6.45, 7) is 19.9. The Balaban J connectivity index is 1.97. The minimum Gasteiger partial charge on any atom is -0.490 e. The molecule has 51 heavy (non-hydrogen) atoms.